The molecule has 3 nitrogen and oxygen atoms in total. The minimum Gasteiger partial charge on any atom is -0.372 e. The van der Waals surface area contributed by atoms with E-state index >= 15 is 0 Å². The molecule has 0 spiro atoms. The summed E-state index contributed by atoms with van der Waals surface area (Å²) >= 11 is 0. The van der Waals surface area contributed by atoms with Crippen molar-refractivity contribution in [3.8, 4) is 0 Å². The molecule has 0 bridgehead atoms. The highest BCUT2D eigenvalue weighted by Crippen LogP contribution is 2.36. The van der Waals surface area contributed by atoms with Crippen LogP contribution in [0.1, 0.15) is 64.8 Å². The van der Waals surface area contributed by atoms with E-state index in [1.54, 1.807) is 0 Å². The quantitative estimate of drug-likeness (QED) is 0.857. The number of hydrogen-bond acceptors (Lipinski definition) is 3. The number of nitrogens with one attached hydrogen (secondary N) is 1. The molecule has 0 aliphatic heterocycles. The highest BCUT2D eigenvalue weighted by molar-refractivity contribution is 5.10. The second kappa shape index (κ2) is 7.37. The molecular weight excluding hydrogens is 260 g/mol. The van der Waals surface area contributed by atoms with E-state index < -0.39 is 0 Å². The van der Waals surface area contributed by atoms with Gasteiger partial charge in [-0.2, -0.15) is 0 Å². The van der Waals surface area contributed by atoms with Crippen molar-refractivity contribution in [3.63, 3.8) is 0 Å². The van der Waals surface area contributed by atoms with Crippen LogP contribution in [0.15, 0.2) is 18.2 Å². The van der Waals surface area contributed by atoms with Crippen molar-refractivity contribution >= 4 is 0 Å². The number of nitrogens with zero attached hydrogens (tertiary/aromatic N) is 1. The van der Waals surface area contributed by atoms with Crippen molar-refractivity contribution in [2.45, 2.75) is 78.7 Å². The first-order chi connectivity index (χ1) is 9.94. The summed E-state index contributed by atoms with van der Waals surface area (Å²) in [6.07, 6.45) is 5.31. The highest BCUT2D eigenvalue weighted by atomic mass is 16.5. The van der Waals surface area contributed by atoms with E-state index in [0.29, 0.717) is 24.2 Å². The molecular formula is C18H30N2O. The summed E-state index contributed by atoms with van der Waals surface area (Å²) in [5, 5.41) is 3.40. The lowest BCUT2D eigenvalue weighted by Crippen LogP contribution is -2.26. The Bertz CT molecular complexity index is 433. The van der Waals surface area contributed by atoms with Crippen LogP contribution in [-0.2, 0) is 17.9 Å². The van der Waals surface area contributed by atoms with Crippen LogP contribution < -0.4 is 5.32 Å². The van der Waals surface area contributed by atoms with Gasteiger partial charge in [-0.1, -0.05) is 33.8 Å². The van der Waals surface area contributed by atoms with E-state index in [2.05, 4.69) is 56.2 Å². The predicted molar refractivity (Wildman–Crippen MR) is 87.0 cm³/mol. The van der Waals surface area contributed by atoms with Gasteiger partial charge in [0.15, 0.2) is 0 Å². The summed E-state index contributed by atoms with van der Waals surface area (Å²) in [7, 11) is 0. The maximum atomic E-state index is 6.06. The van der Waals surface area contributed by atoms with E-state index in [4.69, 9.17) is 4.74 Å². The van der Waals surface area contributed by atoms with E-state index in [9.17, 15) is 0 Å². The Kier molecular flexibility index (Phi) is 5.77. The maximum absolute atomic E-state index is 6.06. The van der Waals surface area contributed by atoms with E-state index in [1.165, 1.54) is 25.7 Å². The molecule has 1 heterocycles. The molecule has 2 rings (SSSR count). The van der Waals surface area contributed by atoms with Gasteiger partial charge >= 0.3 is 0 Å². The Morgan fingerprint density at radius 1 is 1.24 bits per heavy atom. The topological polar surface area (TPSA) is 34.1 Å². The van der Waals surface area contributed by atoms with Gasteiger partial charge in [0.25, 0.3) is 0 Å². The number of hydrogen-bond donors (Lipinski definition) is 1. The normalized spacial score (nSPS) is 19.1. The molecule has 118 valence electrons. The summed E-state index contributed by atoms with van der Waals surface area (Å²) in [6, 6.07) is 6.69. The second-order valence-electron chi connectivity index (χ2n) is 7.33. The lowest BCUT2D eigenvalue weighted by Gasteiger charge is -2.34. The number of rotatable bonds is 6. The molecule has 0 atom stereocenters. The fourth-order valence-corrected chi connectivity index (χ4v) is 2.76. The Morgan fingerprint density at radius 2 is 1.90 bits per heavy atom. The zero-order chi connectivity index (χ0) is 15.3. The first-order valence-corrected chi connectivity index (χ1v) is 8.24. The number of aromatic nitrogens is 1. The summed E-state index contributed by atoms with van der Waals surface area (Å²) in [6.45, 7) is 10.5. The van der Waals surface area contributed by atoms with Gasteiger partial charge in [-0.05, 0) is 43.2 Å². The molecule has 1 aliphatic rings. The molecule has 0 amide bonds. The van der Waals surface area contributed by atoms with Crippen LogP contribution in [0.5, 0.6) is 0 Å². The molecule has 1 fully saturated rings. The first-order valence-electron chi connectivity index (χ1n) is 8.24. The van der Waals surface area contributed by atoms with Crippen LogP contribution in [0.3, 0.4) is 0 Å². The summed E-state index contributed by atoms with van der Waals surface area (Å²) in [5.74, 6) is 0. The molecule has 1 saturated carbocycles. The molecule has 1 N–H and O–H groups in total. The summed E-state index contributed by atoms with van der Waals surface area (Å²) in [4.78, 5) is 4.67. The average Bonchev–Trinajstić information content (AvgIpc) is 2.44. The summed E-state index contributed by atoms with van der Waals surface area (Å²) < 4.78 is 6.06. The van der Waals surface area contributed by atoms with E-state index in [-0.39, 0.29) is 0 Å². The van der Waals surface area contributed by atoms with Crippen molar-refractivity contribution in [1.82, 2.24) is 10.3 Å². The molecule has 3 heteroatoms. The van der Waals surface area contributed by atoms with Crippen molar-refractivity contribution in [3.05, 3.63) is 29.6 Å². The molecule has 21 heavy (non-hydrogen) atoms. The Balaban J connectivity index is 1.79. The Labute approximate surface area is 129 Å². The minimum atomic E-state index is 0.414. The molecule has 1 aromatic heterocycles. The van der Waals surface area contributed by atoms with Gasteiger partial charge in [0.2, 0.25) is 0 Å². The van der Waals surface area contributed by atoms with Gasteiger partial charge in [0.05, 0.1) is 24.1 Å². The maximum Gasteiger partial charge on any atom is 0.0891 e. The van der Waals surface area contributed by atoms with Crippen LogP contribution in [0.25, 0.3) is 0 Å². The van der Waals surface area contributed by atoms with Gasteiger partial charge in [0.1, 0.15) is 0 Å². The zero-order valence-corrected chi connectivity index (χ0v) is 14.0. The van der Waals surface area contributed by atoms with Crippen LogP contribution in [0, 0.1) is 5.41 Å². The zero-order valence-electron chi connectivity index (χ0n) is 14.0. The van der Waals surface area contributed by atoms with Gasteiger partial charge in [-0.25, -0.2) is 0 Å². The number of pyridine rings is 1. The molecule has 1 aromatic rings. The molecule has 1 aliphatic carbocycles. The lowest BCUT2D eigenvalue weighted by atomic mass is 9.76. The molecule has 0 unspecified atom stereocenters. The first kappa shape index (κ1) is 16.4. The third-order valence-corrected chi connectivity index (χ3v) is 4.31. The second-order valence-corrected chi connectivity index (χ2v) is 7.33. The fourth-order valence-electron chi connectivity index (χ4n) is 2.76. The predicted octanol–water partition coefficient (Wildman–Crippen LogP) is 4.07. The van der Waals surface area contributed by atoms with Crippen LogP contribution >= 0.6 is 0 Å². The van der Waals surface area contributed by atoms with Crippen molar-refractivity contribution in [2.75, 3.05) is 0 Å². The minimum absolute atomic E-state index is 0.414. The molecule has 0 aromatic carbocycles. The Morgan fingerprint density at radius 3 is 2.57 bits per heavy atom. The third-order valence-electron chi connectivity index (χ3n) is 4.31. The number of ether oxygens (including phenoxy) is 1. The smallest absolute Gasteiger partial charge is 0.0891 e. The molecule has 0 radical (unpaired) electrons. The van der Waals surface area contributed by atoms with Crippen LogP contribution in [0.2, 0.25) is 0 Å². The molecule has 0 saturated heterocycles. The highest BCUT2D eigenvalue weighted by Gasteiger charge is 2.27. The van der Waals surface area contributed by atoms with Crippen molar-refractivity contribution in [2.24, 2.45) is 5.41 Å². The van der Waals surface area contributed by atoms with Gasteiger partial charge in [0, 0.05) is 12.6 Å². The average molecular weight is 290 g/mol. The van der Waals surface area contributed by atoms with Gasteiger partial charge in [-0.3, -0.25) is 4.98 Å². The largest absolute Gasteiger partial charge is 0.372 e. The van der Waals surface area contributed by atoms with Crippen LogP contribution in [0.4, 0.5) is 0 Å². The van der Waals surface area contributed by atoms with Crippen molar-refractivity contribution < 1.29 is 4.74 Å². The third kappa shape index (κ3) is 5.76. The SMILES string of the molecule is CC(C)NCc1cccc(COC2CCC(C)(C)CC2)n1. The standard InChI is InChI=1S/C18H30N2O/c1-14(2)19-12-15-6-5-7-16(20-15)13-21-17-8-10-18(3,4)11-9-17/h5-7,14,17,19H,8-13H2,1-4H3. The van der Waals surface area contributed by atoms with E-state index in [1.807, 2.05) is 0 Å². The van der Waals surface area contributed by atoms with Gasteiger partial charge < -0.3 is 10.1 Å². The lowest BCUT2D eigenvalue weighted by molar-refractivity contribution is -0.00693. The summed E-state index contributed by atoms with van der Waals surface area (Å²) in [5.41, 5.74) is 2.64. The fraction of sp³-hybridized carbons (Fsp3) is 0.722. The van der Waals surface area contributed by atoms with Crippen LogP contribution in [-0.4, -0.2) is 17.1 Å². The van der Waals surface area contributed by atoms with E-state index in [0.717, 1.165) is 17.9 Å². The Hall–Kier alpha value is -0.930. The van der Waals surface area contributed by atoms with Crippen molar-refractivity contribution in [1.29, 1.82) is 0 Å². The monoisotopic (exact) mass is 290 g/mol. The van der Waals surface area contributed by atoms with Gasteiger partial charge in [-0.15, -0.1) is 0 Å².